The van der Waals surface area contributed by atoms with E-state index in [0.29, 0.717) is 6.54 Å². The average molecular weight is 240 g/mol. The third-order valence-electron chi connectivity index (χ3n) is 2.74. The van der Waals surface area contributed by atoms with Crippen molar-refractivity contribution in [3.8, 4) is 0 Å². The van der Waals surface area contributed by atoms with Crippen molar-refractivity contribution in [2.75, 3.05) is 38.6 Å². The number of hydrogen-bond donors (Lipinski definition) is 2. The molecule has 1 saturated heterocycles. The minimum atomic E-state index is -1.09. The van der Waals surface area contributed by atoms with E-state index in [2.05, 4.69) is 10.00 Å². The molecule has 1 aliphatic rings. The summed E-state index contributed by atoms with van der Waals surface area (Å²) in [7, 11) is 0. The molecule has 7 heteroatoms. The van der Waals surface area contributed by atoms with E-state index in [4.69, 9.17) is 15.6 Å². The topological polar surface area (TPSA) is 93.6 Å². The second kappa shape index (κ2) is 5.15. The monoisotopic (exact) mass is 240 g/mol. The Hall–Kier alpha value is -1.60. The Morgan fingerprint density at radius 2 is 2.18 bits per heavy atom. The summed E-state index contributed by atoms with van der Waals surface area (Å²) in [5.41, 5.74) is 5.68. The molecule has 94 valence electrons. The molecule has 0 spiro atoms. The van der Waals surface area contributed by atoms with Gasteiger partial charge in [-0.3, -0.25) is 9.58 Å². The minimum absolute atomic E-state index is 0.0769. The quantitative estimate of drug-likeness (QED) is 0.736. The molecular weight excluding hydrogens is 224 g/mol. The van der Waals surface area contributed by atoms with Gasteiger partial charge in [0.05, 0.1) is 25.4 Å². The molecule has 0 atom stereocenters. The largest absolute Gasteiger partial charge is 0.476 e. The lowest BCUT2D eigenvalue weighted by Gasteiger charge is -2.26. The van der Waals surface area contributed by atoms with Gasteiger partial charge >= 0.3 is 5.97 Å². The number of anilines is 1. The molecule has 0 amide bonds. The molecule has 0 aromatic carbocycles. The van der Waals surface area contributed by atoms with Crippen LogP contribution in [0, 0.1) is 0 Å². The van der Waals surface area contributed by atoms with Crippen molar-refractivity contribution in [3.05, 3.63) is 11.9 Å². The Balaban J connectivity index is 1.90. The van der Waals surface area contributed by atoms with E-state index in [1.807, 2.05) is 0 Å². The molecule has 0 saturated carbocycles. The molecule has 1 aliphatic heterocycles. The van der Waals surface area contributed by atoms with Crippen molar-refractivity contribution in [1.82, 2.24) is 14.7 Å². The van der Waals surface area contributed by atoms with Gasteiger partial charge in [0.15, 0.2) is 5.69 Å². The van der Waals surface area contributed by atoms with E-state index in [9.17, 15) is 4.79 Å². The number of carboxylic acids is 1. The van der Waals surface area contributed by atoms with E-state index in [-0.39, 0.29) is 11.4 Å². The van der Waals surface area contributed by atoms with Crippen molar-refractivity contribution in [2.24, 2.45) is 0 Å². The van der Waals surface area contributed by atoms with Crippen LogP contribution in [0.2, 0.25) is 0 Å². The first-order valence-electron chi connectivity index (χ1n) is 5.53. The lowest BCUT2D eigenvalue weighted by molar-refractivity contribution is 0.0359. The van der Waals surface area contributed by atoms with Gasteiger partial charge in [0.25, 0.3) is 0 Å². The van der Waals surface area contributed by atoms with Crippen molar-refractivity contribution in [3.63, 3.8) is 0 Å². The molecule has 0 unspecified atom stereocenters. The Morgan fingerprint density at radius 3 is 2.76 bits per heavy atom. The lowest BCUT2D eigenvalue weighted by Crippen LogP contribution is -2.38. The van der Waals surface area contributed by atoms with Crippen LogP contribution < -0.4 is 5.73 Å². The molecule has 0 aliphatic carbocycles. The molecule has 17 heavy (non-hydrogen) atoms. The zero-order valence-electron chi connectivity index (χ0n) is 9.50. The van der Waals surface area contributed by atoms with Gasteiger partial charge in [0.1, 0.15) is 0 Å². The maximum Gasteiger partial charge on any atom is 0.358 e. The van der Waals surface area contributed by atoms with Crippen LogP contribution in [0.1, 0.15) is 10.5 Å². The summed E-state index contributed by atoms with van der Waals surface area (Å²) in [5, 5.41) is 12.7. The average Bonchev–Trinajstić information content (AvgIpc) is 2.69. The van der Waals surface area contributed by atoms with Gasteiger partial charge in [-0.2, -0.15) is 5.10 Å². The van der Waals surface area contributed by atoms with Gasteiger partial charge in [0, 0.05) is 25.8 Å². The molecule has 1 fully saturated rings. The maximum absolute atomic E-state index is 10.8. The number of ether oxygens (including phenoxy) is 1. The molecular formula is C10H16N4O3. The summed E-state index contributed by atoms with van der Waals surface area (Å²) in [5.74, 6) is -1.09. The summed E-state index contributed by atoms with van der Waals surface area (Å²) in [6.45, 7) is 4.77. The van der Waals surface area contributed by atoms with E-state index in [1.54, 1.807) is 10.9 Å². The van der Waals surface area contributed by atoms with Gasteiger partial charge < -0.3 is 15.6 Å². The molecule has 0 bridgehead atoms. The fourth-order valence-corrected chi connectivity index (χ4v) is 1.79. The fraction of sp³-hybridized carbons (Fsp3) is 0.600. The first kappa shape index (κ1) is 11.9. The van der Waals surface area contributed by atoms with Crippen molar-refractivity contribution >= 4 is 11.7 Å². The number of aromatic nitrogens is 2. The van der Waals surface area contributed by atoms with Crippen molar-refractivity contribution in [2.45, 2.75) is 6.54 Å². The normalized spacial score (nSPS) is 17.2. The minimum Gasteiger partial charge on any atom is -0.476 e. The molecule has 1 aromatic heterocycles. The van der Waals surface area contributed by atoms with E-state index < -0.39 is 5.97 Å². The summed E-state index contributed by atoms with van der Waals surface area (Å²) in [6.07, 6.45) is 1.56. The molecule has 3 N–H and O–H groups in total. The van der Waals surface area contributed by atoms with Crippen LogP contribution in [0.3, 0.4) is 0 Å². The van der Waals surface area contributed by atoms with E-state index in [1.165, 1.54) is 0 Å². The summed E-state index contributed by atoms with van der Waals surface area (Å²) >= 11 is 0. The van der Waals surface area contributed by atoms with Gasteiger partial charge in [-0.1, -0.05) is 0 Å². The Labute approximate surface area is 98.8 Å². The maximum atomic E-state index is 10.8. The standard InChI is InChI=1S/C10H16N4O3/c11-8-7-14(12-9(8)10(15)16)2-1-13-3-5-17-6-4-13/h7H,1-6,11H2,(H,15,16). The molecule has 1 aromatic rings. The van der Waals surface area contributed by atoms with Crippen LogP contribution in [-0.2, 0) is 11.3 Å². The number of carbonyl (C=O) groups is 1. The summed E-state index contributed by atoms with van der Waals surface area (Å²) in [6, 6.07) is 0. The van der Waals surface area contributed by atoms with Gasteiger partial charge in [0.2, 0.25) is 0 Å². The molecule has 2 rings (SSSR count). The first-order chi connectivity index (χ1) is 8.16. The number of aromatic carboxylic acids is 1. The Bertz CT molecular complexity index is 398. The zero-order valence-corrected chi connectivity index (χ0v) is 9.50. The predicted molar refractivity (Wildman–Crippen MR) is 60.9 cm³/mol. The lowest BCUT2D eigenvalue weighted by atomic mass is 10.4. The number of nitrogens with two attached hydrogens (primary N) is 1. The molecule has 2 heterocycles. The van der Waals surface area contributed by atoms with Crippen LogP contribution in [-0.4, -0.2) is 58.6 Å². The Kier molecular flexibility index (Phi) is 3.60. The summed E-state index contributed by atoms with van der Waals surface area (Å²) in [4.78, 5) is 13.0. The van der Waals surface area contributed by atoms with Crippen LogP contribution in [0.5, 0.6) is 0 Å². The number of carboxylic acid groups (broad SMARTS) is 1. The molecule has 7 nitrogen and oxygen atoms in total. The van der Waals surface area contributed by atoms with Gasteiger partial charge in [-0.05, 0) is 0 Å². The van der Waals surface area contributed by atoms with Crippen LogP contribution in [0.15, 0.2) is 6.20 Å². The Morgan fingerprint density at radius 1 is 1.47 bits per heavy atom. The second-order valence-electron chi connectivity index (χ2n) is 3.96. The second-order valence-corrected chi connectivity index (χ2v) is 3.96. The number of nitrogen functional groups attached to an aromatic ring is 1. The number of nitrogens with zero attached hydrogens (tertiary/aromatic N) is 3. The van der Waals surface area contributed by atoms with Crippen molar-refractivity contribution < 1.29 is 14.6 Å². The zero-order chi connectivity index (χ0) is 12.3. The van der Waals surface area contributed by atoms with E-state index >= 15 is 0 Å². The first-order valence-corrected chi connectivity index (χ1v) is 5.53. The smallest absolute Gasteiger partial charge is 0.358 e. The predicted octanol–water partition coefficient (Wildman–Crippen LogP) is -0.504. The fourth-order valence-electron chi connectivity index (χ4n) is 1.79. The van der Waals surface area contributed by atoms with Crippen LogP contribution in [0.25, 0.3) is 0 Å². The highest BCUT2D eigenvalue weighted by Crippen LogP contribution is 2.08. The van der Waals surface area contributed by atoms with Gasteiger partial charge in [-0.25, -0.2) is 4.79 Å². The van der Waals surface area contributed by atoms with Crippen molar-refractivity contribution in [1.29, 1.82) is 0 Å². The number of hydrogen-bond acceptors (Lipinski definition) is 5. The highest BCUT2D eigenvalue weighted by atomic mass is 16.5. The van der Waals surface area contributed by atoms with Crippen LogP contribution in [0.4, 0.5) is 5.69 Å². The van der Waals surface area contributed by atoms with Gasteiger partial charge in [-0.15, -0.1) is 0 Å². The number of rotatable bonds is 4. The third-order valence-corrected chi connectivity index (χ3v) is 2.74. The summed E-state index contributed by atoms with van der Waals surface area (Å²) < 4.78 is 6.82. The third kappa shape index (κ3) is 2.95. The van der Waals surface area contributed by atoms with Crippen LogP contribution >= 0.6 is 0 Å². The van der Waals surface area contributed by atoms with E-state index in [0.717, 1.165) is 32.8 Å². The molecule has 0 radical (unpaired) electrons. The SMILES string of the molecule is Nc1cn(CCN2CCOCC2)nc1C(=O)O. The highest BCUT2D eigenvalue weighted by Gasteiger charge is 2.14. The highest BCUT2D eigenvalue weighted by molar-refractivity contribution is 5.91. The number of morpholine rings is 1.